The van der Waals surface area contributed by atoms with Crippen LogP contribution in [0.15, 0.2) is 0 Å². The second kappa shape index (κ2) is 3.43. The quantitative estimate of drug-likeness (QED) is 0.736. The van der Waals surface area contributed by atoms with Crippen molar-refractivity contribution in [3.63, 3.8) is 0 Å². The van der Waals surface area contributed by atoms with Gasteiger partial charge < -0.3 is 5.32 Å². The van der Waals surface area contributed by atoms with Crippen molar-refractivity contribution in [2.75, 3.05) is 5.32 Å². The SMILES string of the molecule is CCC(=O)Nc1nnc(C)s1.[HH]. The van der Waals surface area contributed by atoms with Gasteiger partial charge in [-0.3, -0.25) is 4.79 Å². The Morgan fingerprint density at radius 2 is 2.45 bits per heavy atom. The van der Waals surface area contributed by atoms with E-state index >= 15 is 0 Å². The zero-order valence-electron chi connectivity index (χ0n) is 6.42. The van der Waals surface area contributed by atoms with Crippen LogP contribution in [0.3, 0.4) is 0 Å². The number of aromatic nitrogens is 2. The van der Waals surface area contributed by atoms with E-state index in [2.05, 4.69) is 15.5 Å². The molecule has 11 heavy (non-hydrogen) atoms. The van der Waals surface area contributed by atoms with Gasteiger partial charge in [0.15, 0.2) is 0 Å². The highest BCUT2D eigenvalue weighted by atomic mass is 32.1. The van der Waals surface area contributed by atoms with Gasteiger partial charge in [-0.05, 0) is 6.92 Å². The van der Waals surface area contributed by atoms with Gasteiger partial charge in [-0.25, -0.2) is 0 Å². The lowest BCUT2D eigenvalue weighted by Crippen LogP contribution is -2.08. The van der Waals surface area contributed by atoms with E-state index in [4.69, 9.17) is 0 Å². The molecule has 1 aromatic heterocycles. The van der Waals surface area contributed by atoms with Gasteiger partial charge in [-0.15, -0.1) is 10.2 Å². The summed E-state index contributed by atoms with van der Waals surface area (Å²) in [6.45, 7) is 3.64. The standard InChI is InChI=1S/C6H9N3OS.H2/c1-3-5(10)7-6-9-8-4(2)11-6;/h3H2,1-2H3,(H,7,9,10);1H. The summed E-state index contributed by atoms with van der Waals surface area (Å²) in [5.74, 6) is -0.0267. The van der Waals surface area contributed by atoms with Crippen LogP contribution in [0.25, 0.3) is 0 Å². The Balaban J connectivity index is 0.00000121. The first kappa shape index (κ1) is 8.13. The molecule has 0 aliphatic heterocycles. The zero-order chi connectivity index (χ0) is 8.27. The Labute approximate surface area is 70.1 Å². The maximum atomic E-state index is 10.8. The Bertz CT molecular complexity index is 263. The van der Waals surface area contributed by atoms with Crippen LogP contribution in [0.4, 0.5) is 5.13 Å². The molecule has 1 rings (SSSR count). The van der Waals surface area contributed by atoms with E-state index in [1.807, 2.05) is 6.92 Å². The number of nitrogens with one attached hydrogen (secondary N) is 1. The summed E-state index contributed by atoms with van der Waals surface area (Å²) < 4.78 is 0. The molecular formula is C6H11N3OS. The first-order chi connectivity index (χ1) is 5.22. The average Bonchev–Trinajstić information content (AvgIpc) is 2.35. The summed E-state index contributed by atoms with van der Waals surface area (Å²) in [6.07, 6.45) is 0.471. The van der Waals surface area contributed by atoms with E-state index < -0.39 is 0 Å². The van der Waals surface area contributed by atoms with Crippen molar-refractivity contribution in [3.8, 4) is 0 Å². The number of hydrogen-bond acceptors (Lipinski definition) is 4. The van der Waals surface area contributed by atoms with E-state index in [9.17, 15) is 4.79 Å². The first-order valence-electron chi connectivity index (χ1n) is 3.32. The van der Waals surface area contributed by atoms with E-state index in [1.54, 1.807) is 6.92 Å². The van der Waals surface area contributed by atoms with Crippen molar-refractivity contribution < 1.29 is 6.22 Å². The lowest BCUT2D eigenvalue weighted by atomic mass is 10.5. The van der Waals surface area contributed by atoms with E-state index in [-0.39, 0.29) is 7.33 Å². The van der Waals surface area contributed by atoms with Crippen molar-refractivity contribution >= 4 is 22.4 Å². The summed E-state index contributed by atoms with van der Waals surface area (Å²) in [5, 5.41) is 11.6. The maximum Gasteiger partial charge on any atom is 0.225 e. The molecule has 0 spiro atoms. The predicted octanol–water partition coefficient (Wildman–Crippen LogP) is 1.44. The molecule has 0 aliphatic carbocycles. The molecule has 0 unspecified atom stereocenters. The summed E-state index contributed by atoms with van der Waals surface area (Å²) in [6, 6.07) is 0. The largest absolute Gasteiger partial charge is 0.301 e. The van der Waals surface area contributed by atoms with Gasteiger partial charge in [0.1, 0.15) is 5.01 Å². The Hall–Kier alpha value is -0.970. The molecule has 1 heterocycles. The van der Waals surface area contributed by atoms with Gasteiger partial charge in [0.2, 0.25) is 11.0 Å². The number of amides is 1. The third-order valence-electron chi connectivity index (χ3n) is 1.09. The highest BCUT2D eigenvalue weighted by molar-refractivity contribution is 7.15. The summed E-state index contributed by atoms with van der Waals surface area (Å²) in [7, 11) is 0. The number of nitrogens with zero attached hydrogens (tertiary/aromatic N) is 2. The molecule has 62 valence electrons. The topological polar surface area (TPSA) is 54.9 Å². The van der Waals surface area contributed by atoms with Crippen molar-refractivity contribution in [2.24, 2.45) is 0 Å². The predicted molar refractivity (Wildman–Crippen MR) is 45.7 cm³/mol. The van der Waals surface area contributed by atoms with Crippen molar-refractivity contribution in [3.05, 3.63) is 5.01 Å². The zero-order valence-corrected chi connectivity index (χ0v) is 7.23. The Morgan fingerprint density at radius 1 is 1.73 bits per heavy atom. The van der Waals surface area contributed by atoms with Crippen LogP contribution in [0.1, 0.15) is 19.8 Å². The number of hydrogen-bond donors (Lipinski definition) is 1. The van der Waals surface area contributed by atoms with Gasteiger partial charge >= 0.3 is 0 Å². The van der Waals surface area contributed by atoms with Crippen LogP contribution in [-0.2, 0) is 4.79 Å². The molecule has 0 saturated carbocycles. The number of anilines is 1. The van der Waals surface area contributed by atoms with Gasteiger partial charge in [0, 0.05) is 7.85 Å². The third-order valence-corrected chi connectivity index (χ3v) is 1.85. The van der Waals surface area contributed by atoms with Crippen LogP contribution in [-0.4, -0.2) is 16.1 Å². The molecule has 0 bridgehead atoms. The molecule has 4 nitrogen and oxygen atoms in total. The summed E-state index contributed by atoms with van der Waals surface area (Å²) >= 11 is 1.38. The lowest BCUT2D eigenvalue weighted by Gasteiger charge is -1.93. The molecule has 0 atom stereocenters. The maximum absolute atomic E-state index is 10.8. The van der Waals surface area contributed by atoms with Gasteiger partial charge in [0.05, 0.1) is 0 Å². The molecule has 1 aromatic rings. The van der Waals surface area contributed by atoms with Crippen molar-refractivity contribution in [1.29, 1.82) is 0 Å². The van der Waals surface area contributed by atoms with Crippen molar-refractivity contribution in [2.45, 2.75) is 20.3 Å². The minimum Gasteiger partial charge on any atom is -0.301 e. The molecule has 0 aromatic carbocycles. The number of carbonyl (C=O) groups excluding carboxylic acids is 1. The molecule has 1 amide bonds. The van der Waals surface area contributed by atoms with Crippen LogP contribution in [0.5, 0.6) is 0 Å². The highest BCUT2D eigenvalue weighted by Crippen LogP contribution is 2.13. The fourth-order valence-electron chi connectivity index (χ4n) is 0.555. The lowest BCUT2D eigenvalue weighted by molar-refractivity contribution is -0.115. The molecule has 0 radical (unpaired) electrons. The second-order valence-electron chi connectivity index (χ2n) is 2.03. The smallest absolute Gasteiger partial charge is 0.225 e. The van der Waals surface area contributed by atoms with Crippen LogP contribution >= 0.6 is 11.3 Å². The van der Waals surface area contributed by atoms with Crippen LogP contribution in [0.2, 0.25) is 0 Å². The fraction of sp³-hybridized carbons (Fsp3) is 0.500. The van der Waals surface area contributed by atoms with Gasteiger partial charge in [0.25, 0.3) is 0 Å². The number of rotatable bonds is 2. The molecule has 1 N–H and O–H groups in total. The number of aryl methyl sites for hydroxylation is 1. The minimum atomic E-state index is -0.0267. The Morgan fingerprint density at radius 3 is 2.91 bits per heavy atom. The molecule has 0 fully saturated rings. The molecular weight excluding hydrogens is 162 g/mol. The average molecular weight is 173 g/mol. The van der Waals surface area contributed by atoms with E-state index in [1.165, 1.54) is 11.3 Å². The number of carbonyl (C=O) groups is 1. The summed E-state index contributed by atoms with van der Waals surface area (Å²) in [5.41, 5.74) is 0. The highest BCUT2D eigenvalue weighted by Gasteiger charge is 2.02. The monoisotopic (exact) mass is 173 g/mol. The molecule has 0 aliphatic rings. The second-order valence-corrected chi connectivity index (χ2v) is 3.21. The van der Waals surface area contributed by atoms with Crippen LogP contribution < -0.4 is 5.32 Å². The first-order valence-corrected chi connectivity index (χ1v) is 4.14. The normalized spacial score (nSPS) is 9.64. The third kappa shape index (κ3) is 2.27. The van der Waals surface area contributed by atoms with E-state index in [0.29, 0.717) is 11.6 Å². The van der Waals surface area contributed by atoms with Crippen LogP contribution in [0, 0.1) is 6.92 Å². The van der Waals surface area contributed by atoms with Crippen molar-refractivity contribution in [1.82, 2.24) is 10.2 Å². The van der Waals surface area contributed by atoms with Gasteiger partial charge in [-0.1, -0.05) is 18.3 Å². The molecule has 5 heteroatoms. The summed E-state index contributed by atoms with van der Waals surface area (Å²) in [4.78, 5) is 10.8. The molecule has 0 saturated heterocycles. The Kier molecular flexibility index (Phi) is 2.53. The van der Waals surface area contributed by atoms with Gasteiger partial charge in [-0.2, -0.15) is 0 Å². The fourth-order valence-corrected chi connectivity index (χ4v) is 1.16. The van der Waals surface area contributed by atoms with E-state index in [0.717, 1.165) is 5.01 Å². The minimum absolute atomic E-state index is 0.